The minimum atomic E-state index is -1.32. The number of carbonyl (C=O) groups is 2. The molecule has 0 saturated carbocycles. The first-order valence-corrected chi connectivity index (χ1v) is 8.58. The van der Waals surface area contributed by atoms with E-state index in [1.54, 1.807) is 24.3 Å². The largest absolute Gasteiger partial charge is 0.476 e. The molecule has 0 aliphatic carbocycles. The normalized spacial score (nSPS) is 10.6. The zero-order valence-corrected chi connectivity index (χ0v) is 16.1. The lowest BCUT2D eigenvalue weighted by Gasteiger charge is -2.24. The van der Waals surface area contributed by atoms with Crippen LogP contribution in [0.4, 0.5) is 5.69 Å². The maximum Gasteiger partial charge on any atom is 0.350 e. The topological polar surface area (TPSA) is 88.4 Å². The van der Waals surface area contributed by atoms with Gasteiger partial charge in [-0.25, -0.2) is 4.79 Å². The predicted molar refractivity (Wildman–Crippen MR) is 102 cm³/mol. The molecule has 2 rings (SSSR count). The van der Waals surface area contributed by atoms with E-state index in [0.29, 0.717) is 15.8 Å². The number of amides is 1. The standard InChI is InChI=1S/C19H16Cl2N2O4/c1-19(2,27-15-7-5-13(20)6-8-15)18(25)26-11-17(24)23-16-9-14(21)4-3-12(16)10-22/h3-9H,11H2,1-2H3,(H,23,24). The Morgan fingerprint density at radius 1 is 1.11 bits per heavy atom. The highest BCUT2D eigenvalue weighted by Crippen LogP contribution is 2.22. The van der Waals surface area contributed by atoms with E-state index in [-0.39, 0.29) is 11.3 Å². The van der Waals surface area contributed by atoms with Crippen LogP contribution in [0.2, 0.25) is 10.0 Å². The number of nitriles is 1. The van der Waals surface area contributed by atoms with Crippen molar-refractivity contribution in [1.82, 2.24) is 0 Å². The molecule has 0 heterocycles. The smallest absolute Gasteiger partial charge is 0.350 e. The van der Waals surface area contributed by atoms with Gasteiger partial charge in [0.15, 0.2) is 12.2 Å². The lowest BCUT2D eigenvalue weighted by molar-refractivity contribution is -0.161. The summed E-state index contributed by atoms with van der Waals surface area (Å²) in [7, 11) is 0. The van der Waals surface area contributed by atoms with Gasteiger partial charge in [-0.1, -0.05) is 23.2 Å². The molecule has 1 amide bonds. The van der Waals surface area contributed by atoms with Crippen LogP contribution < -0.4 is 10.1 Å². The Balaban J connectivity index is 1.94. The molecule has 0 aliphatic rings. The van der Waals surface area contributed by atoms with Gasteiger partial charge < -0.3 is 14.8 Å². The average Bonchev–Trinajstić information content (AvgIpc) is 2.61. The third-order valence-electron chi connectivity index (χ3n) is 3.39. The number of rotatable bonds is 6. The number of nitrogens with zero attached hydrogens (tertiary/aromatic N) is 1. The Labute approximate surface area is 166 Å². The van der Waals surface area contributed by atoms with E-state index in [2.05, 4.69) is 5.32 Å². The van der Waals surface area contributed by atoms with Gasteiger partial charge in [-0.15, -0.1) is 0 Å². The zero-order valence-electron chi connectivity index (χ0n) is 14.6. The molecule has 27 heavy (non-hydrogen) atoms. The van der Waals surface area contributed by atoms with Gasteiger partial charge >= 0.3 is 5.97 Å². The first-order chi connectivity index (χ1) is 12.7. The van der Waals surface area contributed by atoms with Crippen LogP contribution in [0.3, 0.4) is 0 Å². The Morgan fingerprint density at radius 2 is 1.74 bits per heavy atom. The summed E-state index contributed by atoms with van der Waals surface area (Å²) in [5.41, 5.74) is -0.838. The summed E-state index contributed by atoms with van der Waals surface area (Å²) in [4.78, 5) is 24.3. The fourth-order valence-electron chi connectivity index (χ4n) is 2.05. The number of halogens is 2. The predicted octanol–water partition coefficient (Wildman–Crippen LogP) is 4.20. The highest BCUT2D eigenvalue weighted by molar-refractivity contribution is 6.31. The fraction of sp³-hybridized carbons (Fsp3) is 0.211. The number of carbonyl (C=O) groups excluding carboxylic acids is 2. The minimum Gasteiger partial charge on any atom is -0.476 e. The average molecular weight is 407 g/mol. The molecule has 0 atom stereocenters. The molecule has 0 radical (unpaired) electrons. The number of benzene rings is 2. The van der Waals surface area contributed by atoms with E-state index in [9.17, 15) is 9.59 Å². The van der Waals surface area contributed by atoms with Crippen molar-refractivity contribution < 1.29 is 19.1 Å². The number of nitrogens with one attached hydrogen (secondary N) is 1. The van der Waals surface area contributed by atoms with Gasteiger partial charge in [-0.3, -0.25) is 4.79 Å². The second kappa shape index (κ2) is 8.76. The van der Waals surface area contributed by atoms with Crippen LogP contribution in [-0.2, 0) is 14.3 Å². The summed E-state index contributed by atoms with van der Waals surface area (Å²) < 4.78 is 10.6. The van der Waals surface area contributed by atoms with Crippen LogP contribution in [-0.4, -0.2) is 24.1 Å². The Bertz CT molecular complexity index is 890. The Morgan fingerprint density at radius 3 is 2.37 bits per heavy atom. The molecule has 0 aliphatic heterocycles. The molecule has 0 bridgehead atoms. The molecule has 2 aromatic rings. The molecule has 140 valence electrons. The second-order valence-corrected chi connectivity index (χ2v) is 6.87. The maximum atomic E-state index is 12.2. The second-order valence-electron chi connectivity index (χ2n) is 5.99. The van der Waals surface area contributed by atoms with Gasteiger partial charge in [-0.05, 0) is 56.3 Å². The quantitative estimate of drug-likeness (QED) is 0.725. The van der Waals surface area contributed by atoms with Crippen molar-refractivity contribution in [3.05, 3.63) is 58.1 Å². The van der Waals surface area contributed by atoms with Gasteiger partial charge in [0.25, 0.3) is 5.91 Å². The molecule has 0 unspecified atom stereocenters. The number of anilines is 1. The van der Waals surface area contributed by atoms with Crippen LogP contribution in [0, 0.1) is 11.3 Å². The van der Waals surface area contributed by atoms with Gasteiger partial charge in [0.2, 0.25) is 0 Å². The molecule has 0 fully saturated rings. The monoisotopic (exact) mass is 406 g/mol. The lowest BCUT2D eigenvalue weighted by atomic mass is 10.1. The van der Waals surface area contributed by atoms with Crippen molar-refractivity contribution in [3.63, 3.8) is 0 Å². The van der Waals surface area contributed by atoms with Gasteiger partial charge in [-0.2, -0.15) is 5.26 Å². The molecule has 0 saturated heterocycles. The van der Waals surface area contributed by atoms with Crippen LogP contribution in [0.1, 0.15) is 19.4 Å². The zero-order chi connectivity index (χ0) is 20.0. The van der Waals surface area contributed by atoms with Crippen LogP contribution >= 0.6 is 23.2 Å². The van der Waals surface area contributed by atoms with E-state index in [1.807, 2.05) is 6.07 Å². The van der Waals surface area contributed by atoms with Crippen LogP contribution in [0.15, 0.2) is 42.5 Å². The summed E-state index contributed by atoms with van der Waals surface area (Å²) >= 11 is 11.7. The SMILES string of the molecule is CC(C)(Oc1ccc(Cl)cc1)C(=O)OCC(=O)Nc1cc(Cl)ccc1C#N. The minimum absolute atomic E-state index is 0.239. The lowest BCUT2D eigenvalue weighted by Crippen LogP contribution is -2.41. The molecule has 1 N–H and O–H groups in total. The molecule has 0 spiro atoms. The fourth-order valence-corrected chi connectivity index (χ4v) is 2.35. The molecular weight excluding hydrogens is 391 g/mol. The molecule has 0 aromatic heterocycles. The maximum absolute atomic E-state index is 12.2. The Kier molecular flexibility index (Phi) is 6.67. The van der Waals surface area contributed by atoms with E-state index < -0.39 is 24.1 Å². The third-order valence-corrected chi connectivity index (χ3v) is 3.88. The van der Waals surface area contributed by atoms with E-state index in [1.165, 1.54) is 32.0 Å². The molecular formula is C19H16Cl2N2O4. The van der Waals surface area contributed by atoms with Crippen molar-refractivity contribution >= 4 is 40.8 Å². The highest BCUT2D eigenvalue weighted by atomic mass is 35.5. The van der Waals surface area contributed by atoms with Crippen LogP contribution in [0.5, 0.6) is 5.75 Å². The Hall–Kier alpha value is -2.75. The van der Waals surface area contributed by atoms with Crippen molar-refractivity contribution in [2.45, 2.75) is 19.4 Å². The molecule has 6 nitrogen and oxygen atoms in total. The first-order valence-electron chi connectivity index (χ1n) is 7.82. The summed E-state index contributed by atoms with van der Waals surface area (Å²) in [5.74, 6) is -0.896. The molecule has 8 heteroatoms. The number of hydrogen-bond acceptors (Lipinski definition) is 5. The van der Waals surface area contributed by atoms with Crippen molar-refractivity contribution in [1.29, 1.82) is 5.26 Å². The van der Waals surface area contributed by atoms with Gasteiger partial charge in [0, 0.05) is 10.0 Å². The summed E-state index contributed by atoms with van der Waals surface area (Å²) in [6.45, 7) is 2.50. The first kappa shape index (κ1) is 20.6. The van der Waals surface area contributed by atoms with Gasteiger partial charge in [0.1, 0.15) is 11.8 Å². The van der Waals surface area contributed by atoms with E-state index >= 15 is 0 Å². The third kappa shape index (κ3) is 5.88. The van der Waals surface area contributed by atoms with E-state index in [4.69, 9.17) is 37.9 Å². The van der Waals surface area contributed by atoms with Gasteiger partial charge in [0.05, 0.1) is 11.3 Å². The van der Waals surface area contributed by atoms with Crippen LogP contribution in [0.25, 0.3) is 0 Å². The summed E-state index contributed by atoms with van der Waals surface area (Å²) in [6.07, 6.45) is 0. The van der Waals surface area contributed by atoms with Crippen molar-refractivity contribution in [2.24, 2.45) is 0 Å². The van der Waals surface area contributed by atoms with E-state index in [0.717, 1.165) is 0 Å². The number of hydrogen-bond donors (Lipinski definition) is 1. The highest BCUT2D eigenvalue weighted by Gasteiger charge is 2.32. The summed E-state index contributed by atoms with van der Waals surface area (Å²) in [5, 5.41) is 12.4. The number of ether oxygens (including phenoxy) is 2. The number of esters is 1. The van der Waals surface area contributed by atoms with Crippen molar-refractivity contribution in [3.8, 4) is 11.8 Å². The molecule has 2 aromatic carbocycles. The van der Waals surface area contributed by atoms with Crippen molar-refractivity contribution in [2.75, 3.05) is 11.9 Å². The summed E-state index contributed by atoms with van der Waals surface area (Å²) in [6, 6.07) is 12.9.